The zero-order valence-corrected chi connectivity index (χ0v) is 26.9. The Morgan fingerprint density at radius 3 is 2.52 bits per heavy atom. The second kappa shape index (κ2) is 12.0. The van der Waals surface area contributed by atoms with Crippen LogP contribution in [0.4, 0.5) is 5.69 Å². The molecule has 1 radical (unpaired) electrons. The van der Waals surface area contributed by atoms with Crippen LogP contribution in [0.15, 0.2) is 85.1 Å². The summed E-state index contributed by atoms with van der Waals surface area (Å²) in [5.41, 5.74) is 11.2. The summed E-state index contributed by atoms with van der Waals surface area (Å²) in [6.45, 7) is 7.67. The summed E-state index contributed by atoms with van der Waals surface area (Å²) in [6.07, 6.45) is 9.75. The molecule has 0 N–H and O–H groups in total. The molecule has 5 heteroatoms. The van der Waals surface area contributed by atoms with E-state index in [1.165, 1.54) is 48.0 Å². The summed E-state index contributed by atoms with van der Waals surface area (Å²) in [6, 6.07) is 32.5. The van der Waals surface area contributed by atoms with E-state index in [1.807, 2.05) is 36.5 Å². The Kier molecular flexibility index (Phi) is 8.16. The van der Waals surface area contributed by atoms with Gasteiger partial charge in [0.2, 0.25) is 0 Å². The van der Waals surface area contributed by atoms with Crippen LogP contribution in [-0.2, 0) is 26.7 Å². The van der Waals surface area contributed by atoms with Crippen LogP contribution in [0, 0.1) is 18.1 Å². The van der Waals surface area contributed by atoms with Gasteiger partial charge in [0.25, 0.3) is 0 Å². The molecule has 42 heavy (non-hydrogen) atoms. The van der Waals surface area contributed by atoms with Gasteiger partial charge in [0.15, 0.2) is 0 Å². The Bertz CT molecular complexity index is 1730. The Labute approximate surface area is 262 Å². The first-order valence-electron chi connectivity index (χ1n) is 15.0. The van der Waals surface area contributed by atoms with Gasteiger partial charge in [-0.15, -0.1) is 65.7 Å². The molecule has 0 saturated heterocycles. The van der Waals surface area contributed by atoms with Crippen molar-refractivity contribution in [1.29, 1.82) is 0 Å². The van der Waals surface area contributed by atoms with Crippen molar-refractivity contribution in [2.75, 3.05) is 4.90 Å². The van der Waals surface area contributed by atoms with Gasteiger partial charge in [-0.1, -0.05) is 37.1 Å². The van der Waals surface area contributed by atoms with Crippen molar-refractivity contribution in [3.8, 4) is 22.6 Å². The van der Waals surface area contributed by atoms with E-state index in [2.05, 4.69) is 95.9 Å². The fraction of sp³-hybridized carbons (Fsp3) is 0.297. The van der Waals surface area contributed by atoms with Crippen molar-refractivity contribution in [3.63, 3.8) is 0 Å². The van der Waals surface area contributed by atoms with Crippen LogP contribution >= 0.6 is 0 Å². The van der Waals surface area contributed by atoms with Crippen molar-refractivity contribution in [3.05, 3.63) is 108 Å². The van der Waals surface area contributed by atoms with E-state index in [0.29, 0.717) is 12.1 Å². The second-order valence-electron chi connectivity index (χ2n) is 11.8. The predicted molar refractivity (Wildman–Crippen MR) is 168 cm³/mol. The zero-order valence-electron chi connectivity index (χ0n) is 24.5. The number of pyridine rings is 1. The Balaban J connectivity index is 0.000000155. The van der Waals surface area contributed by atoms with E-state index in [1.54, 1.807) is 5.57 Å². The molecule has 1 aliphatic carbocycles. The van der Waals surface area contributed by atoms with Crippen LogP contribution in [0.1, 0.15) is 63.6 Å². The molecule has 3 aromatic carbocycles. The Morgan fingerprint density at radius 2 is 1.74 bits per heavy atom. The summed E-state index contributed by atoms with van der Waals surface area (Å²) in [5, 5.41) is 0. The van der Waals surface area contributed by atoms with E-state index < -0.39 is 0 Å². The zero-order chi connectivity index (χ0) is 27.9. The van der Waals surface area contributed by atoms with Crippen LogP contribution in [0.3, 0.4) is 0 Å². The van der Waals surface area contributed by atoms with Crippen molar-refractivity contribution < 1.29 is 20.1 Å². The third kappa shape index (κ3) is 5.03. The molecule has 0 spiro atoms. The van der Waals surface area contributed by atoms with Gasteiger partial charge in [-0.25, -0.2) is 0 Å². The van der Waals surface area contributed by atoms with Crippen LogP contribution in [0.2, 0.25) is 0 Å². The van der Waals surface area contributed by atoms with E-state index in [9.17, 15) is 0 Å². The first-order valence-corrected chi connectivity index (χ1v) is 15.0. The van der Waals surface area contributed by atoms with Crippen LogP contribution < -0.4 is 4.90 Å². The average Bonchev–Trinajstić information content (AvgIpc) is 3.69. The van der Waals surface area contributed by atoms with Gasteiger partial charge < -0.3 is 14.5 Å². The summed E-state index contributed by atoms with van der Waals surface area (Å²) in [7, 11) is 0. The first kappa shape index (κ1) is 28.6. The van der Waals surface area contributed by atoms with Gasteiger partial charge in [-0.3, -0.25) is 4.98 Å². The number of imidazole rings is 1. The topological polar surface area (TPSA) is 34.0 Å². The molecule has 1 saturated carbocycles. The van der Waals surface area contributed by atoms with Gasteiger partial charge in [0.1, 0.15) is 0 Å². The summed E-state index contributed by atoms with van der Waals surface area (Å²) in [4.78, 5) is 11.9. The Hall–Kier alpha value is -3.53. The van der Waals surface area contributed by atoms with E-state index in [0.717, 1.165) is 40.6 Å². The SMILES string of the molecule is CC(C)N1Cc2cccnc2-c2[c-]cccc21.CC1C=C(C2CCCC2)c2cccc3nc(-c4[c-]cccc4)n1c23.[Ir]. The smallest absolute Gasteiger partial charge is 0.0777 e. The number of para-hydroxylation sites is 1. The molecule has 0 amide bonds. The molecule has 2 aliphatic heterocycles. The fourth-order valence-corrected chi connectivity index (χ4v) is 6.90. The number of hydrogen-bond acceptors (Lipinski definition) is 3. The van der Waals surface area contributed by atoms with Crippen LogP contribution in [-0.4, -0.2) is 20.6 Å². The maximum atomic E-state index is 4.96. The third-order valence-corrected chi connectivity index (χ3v) is 8.83. The summed E-state index contributed by atoms with van der Waals surface area (Å²) < 4.78 is 2.40. The minimum Gasteiger partial charge on any atom is -0.405 e. The maximum Gasteiger partial charge on any atom is 0.0777 e. The van der Waals surface area contributed by atoms with Crippen LogP contribution in [0.25, 0.3) is 39.3 Å². The number of fused-ring (bicyclic) bond motifs is 3. The molecule has 3 aliphatic rings. The average molecular weight is 729 g/mol. The molecule has 0 bridgehead atoms. The quantitative estimate of drug-likeness (QED) is 0.174. The van der Waals surface area contributed by atoms with E-state index in [4.69, 9.17) is 4.98 Å². The normalized spacial score (nSPS) is 17.2. The first-order chi connectivity index (χ1) is 20.1. The number of aromatic nitrogens is 3. The maximum absolute atomic E-state index is 4.96. The monoisotopic (exact) mass is 729 g/mol. The molecule has 1 atom stereocenters. The molecule has 215 valence electrons. The number of allylic oxidation sites excluding steroid dienone is 2. The largest absolute Gasteiger partial charge is 0.405 e. The standard InChI is InChI=1S/C22H21N2.C15H15N2.Ir/c1-15-14-19(16-8-5-6-9-16)18-12-7-13-20-21(18)24(15)22(23-20)17-10-3-2-4-11-17;1-11(2)17-10-12-6-5-9-16-15(12)13-7-3-4-8-14(13)17;/h2-4,7,10,12-16H,5-6,8-9H2,1H3;3-6,8-9,11H,10H2,1-2H3;/q2*-1;. The molecule has 2 aromatic heterocycles. The molecule has 4 heterocycles. The van der Waals surface area contributed by atoms with E-state index in [-0.39, 0.29) is 20.1 Å². The van der Waals surface area contributed by atoms with Gasteiger partial charge >= 0.3 is 0 Å². The second-order valence-corrected chi connectivity index (χ2v) is 11.8. The van der Waals surface area contributed by atoms with Gasteiger partial charge in [0, 0.05) is 50.5 Å². The van der Waals surface area contributed by atoms with Crippen molar-refractivity contribution in [1.82, 2.24) is 14.5 Å². The van der Waals surface area contributed by atoms with Gasteiger partial charge in [-0.2, -0.15) is 0 Å². The fourth-order valence-electron chi connectivity index (χ4n) is 6.90. The number of benzene rings is 3. The van der Waals surface area contributed by atoms with E-state index >= 15 is 0 Å². The molecular formula is C37H36IrN4-2. The van der Waals surface area contributed by atoms with Crippen molar-refractivity contribution in [2.24, 2.45) is 5.92 Å². The minimum atomic E-state index is 0. The molecule has 8 rings (SSSR count). The van der Waals surface area contributed by atoms with Gasteiger partial charge in [-0.05, 0) is 74.2 Å². The van der Waals surface area contributed by atoms with Crippen molar-refractivity contribution in [2.45, 2.75) is 65.1 Å². The van der Waals surface area contributed by atoms with Gasteiger partial charge in [0.05, 0.1) is 16.9 Å². The number of nitrogens with zero attached hydrogens (tertiary/aromatic N) is 4. The molecule has 1 unspecified atom stereocenters. The number of anilines is 1. The molecule has 5 aromatic rings. The molecule has 4 nitrogen and oxygen atoms in total. The summed E-state index contributed by atoms with van der Waals surface area (Å²) >= 11 is 0. The Morgan fingerprint density at radius 1 is 0.905 bits per heavy atom. The number of rotatable bonds is 3. The van der Waals surface area contributed by atoms with Crippen molar-refractivity contribution >= 4 is 22.3 Å². The predicted octanol–water partition coefficient (Wildman–Crippen LogP) is 8.93. The van der Waals surface area contributed by atoms with Crippen LogP contribution in [0.5, 0.6) is 0 Å². The minimum absolute atomic E-state index is 0. The summed E-state index contributed by atoms with van der Waals surface area (Å²) in [5.74, 6) is 1.76. The third-order valence-electron chi connectivity index (χ3n) is 8.83. The molecule has 1 fully saturated rings. The number of hydrogen-bond donors (Lipinski definition) is 0. The molecular weight excluding hydrogens is 693 g/mol.